The number of H-pyrrole nitrogens is 1. The number of hydrogen-bond acceptors (Lipinski definition) is 5. The summed E-state index contributed by atoms with van der Waals surface area (Å²) in [6, 6.07) is -0.737. The second kappa shape index (κ2) is 17.8. The summed E-state index contributed by atoms with van der Waals surface area (Å²) >= 11 is 0. The maximum Gasteiger partial charge on any atom is 0.326 e. The Morgan fingerprint density at radius 1 is 0.900 bits per heavy atom. The van der Waals surface area contributed by atoms with Gasteiger partial charge in [-0.05, 0) is 19.3 Å². The van der Waals surface area contributed by atoms with Crippen LogP contribution in [0.2, 0.25) is 0 Å². The molecule has 0 bridgehead atoms. The number of nitrogens with zero attached hydrogens (tertiary/aromatic N) is 3. The number of aryl methyl sites for hydroxylation is 1. The number of tetrazole rings is 1. The fourth-order valence-electron chi connectivity index (χ4n) is 3.61. The van der Waals surface area contributed by atoms with Gasteiger partial charge in [0.2, 0.25) is 5.91 Å². The van der Waals surface area contributed by atoms with Crippen LogP contribution in [0.15, 0.2) is 0 Å². The van der Waals surface area contributed by atoms with Crippen molar-refractivity contribution in [3.63, 3.8) is 0 Å². The summed E-state index contributed by atoms with van der Waals surface area (Å²) in [4.78, 5) is 22.9. The number of unbranched alkanes of at least 4 members (excludes halogenated alkanes) is 12. The summed E-state index contributed by atoms with van der Waals surface area (Å²) in [5.74, 6) is -0.256. The number of amides is 1. The second-order valence-corrected chi connectivity index (χ2v) is 8.17. The highest BCUT2D eigenvalue weighted by Gasteiger charge is 2.18. The molecule has 1 rings (SSSR count). The third kappa shape index (κ3) is 14.1. The van der Waals surface area contributed by atoms with Gasteiger partial charge in [-0.1, -0.05) is 89.2 Å². The number of carboxylic acids is 1. The van der Waals surface area contributed by atoms with Crippen molar-refractivity contribution in [1.82, 2.24) is 25.9 Å². The highest BCUT2D eigenvalue weighted by atomic mass is 16.4. The van der Waals surface area contributed by atoms with Crippen LogP contribution in [0.1, 0.15) is 115 Å². The van der Waals surface area contributed by atoms with Gasteiger partial charge in [0.1, 0.15) is 6.04 Å². The van der Waals surface area contributed by atoms with E-state index in [0.29, 0.717) is 12.8 Å². The number of carbonyl (C=O) groups excluding carboxylic acids is 1. The first-order valence-corrected chi connectivity index (χ1v) is 11.9. The van der Waals surface area contributed by atoms with Gasteiger partial charge in [0.25, 0.3) is 0 Å². The second-order valence-electron chi connectivity index (χ2n) is 8.17. The van der Waals surface area contributed by atoms with Crippen molar-refractivity contribution in [2.45, 2.75) is 122 Å². The van der Waals surface area contributed by atoms with Crippen molar-refractivity contribution < 1.29 is 14.7 Å². The van der Waals surface area contributed by atoms with Crippen LogP contribution < -0.4 is 5.32 Å². The summed E-state index contributed by atoms with van der Waals surface area (Å²) < 4.78 is 0. The lowest BCUT2D eigenvalue weighted by Gasteiger charge is -2.13. The average molecular weight is 424 g/mol. The van der Waals surface area contributed by atoms with Crippen LogP contribution in [0, 0.1) is 0 Å². The number of aliphatic carboxylic acids is 1. The van der Waals surface area contributed by atoms with E-state index in [4.69, 9.17) is 5.11 Å². The van der Waals surface area contributed by atoms with Gasteiger partial charge in [0, 0.05) is 12.8 Å². The molecule has 8 heteroatoms. The van der Waals surface area contributed by atoms with Crippen LogP contribution in [-0.4, -0.2) is 43.6 Å². The van der Waals surface area contributed by atoms with E-state index in [0.717, 1.165) is 44.3 Å². The first-order valence-electron chi connectivity index (χ1n) is 11.9. The molecule has 1 aromatic rings. The smallest absolute Gasteiger partial charge is 0.326 e. The third-order valence-electron chi connectivity index (χ3n) is 5.40. The van der Waals surface area contributed by atoms with E-state index >= 15 is 0 Å². The van der Waals surface area contributed by atoms with E-state index < -0.39 is 12.0 Å². The topological polar surface area (TPSA) is 121 Å². The maximum atomic E-state index is 11.8. The Hall–Kier alpha value is -1.99. The lowest BCUT2D eigenvalue weighted by molar-refractivity contribution is -0.142. The van der Waals surface area contributed by atoms with E-state index in [1.165, 1.54) is 57.8 Å². The van der Waals surface area contributed by atoms with Crippen LogP contribution in [0.25, 0.3) is 0 Å². The zero-order chi connectivity index (χ0) is 21.9. The molecule has 172 valence electrons. The predicted molar refractivity (Wildman–Crippen MR) is 117 cm³/mol. The molecule has 0 radical (unpaired) electrons. The van der Waals surface area contributed by atoms with E-state index in [2.05, 4.69) is 25.9 Å². The zero-order valence-electron chi connectivity index (χ0n) is 18.7. The lowest BCUT2D eigenvalue weighted by Crippen LogP contribution is -2.40. The van der Waals surface area contributed by atoms with Gasteiger partial charge in [-0.25, -0.2) is 4.79 Å². The number of aromatic amines is 1. The summed E-state index contributed by atoms with van der Waals surface area (Å²) in [7, 11) is 0. The van der Waals surface area contributed by atoms with Gasteiger partial charge in [-0.3, -0.25) is 4.79 Å². The van der Waals surface area contributed by atoms with Gasteiger partial charge < -0.3 is 10.4 Å². The van der Waals surface area contributed by atoms with Crippen LogP contribution >= 0.6 is 0 Å². The van der Waals surface area contributed by atoms with Gasteiger partial charge in [-0.2, -0.15) is 5.21 Å². The number of nitrogens with one attached hydrogen (secondary N) is 2. The van der Waals surface area contributed by atoms with Crippen LogP contribution in [0.3, 0.4) is 0 Å². The predicted octanol–water partition coefficient (Wildman–Crippen LogP) is 4.57. The molecule has 0 aromatic carbocycles. The molecule has 30 heavy (non-hydrogen) atoms. The number of carbonyl (C=O) groups is 2. The van der Waals surface area contributed by atoms with Crippen molar-refractivity contribution in [2.24, 2.45) is 0 Å². The molecule has 0 aliphatic heterocycles. The molecule has 3 N–H and O–H groups in total. The maximum absolute atomic E-state index is 11.8. The first kappa shape index (κ1) is 26.0. The summed E-state index contributed by atoms with van der Waals surface area (Å²) in [5, 5.41) is 25.6. The van der Waals surface area contributed by atoms with Crippen molar-refractivity contribution in [3.8, 4) is 0 Å². The molecule has 1 aromatic heterocycles. The number of aromatic nitrogens is 4. The van der Waals surface area contributed by atoms with Gasteiger partial charge >= 0.3 is 5.97 Å². The molecule has 1 amide bonds. The Morgan fingerprint density at radius 2 is 1.43 bits per heavy atom. The minimum atomic E-state index is -0.939. The normalized spacial score (nSPS) is 12.0. The monoisotopic (exact) mass is 423 g/mol. The molecule has 0 aliphatic carbocycles. The SMILES string of the molecule is CCCC(NC(=O)CCCCCCCCCCCCCCCc1nn[nH]n1)C(=O)O. The molecule has 1 atom stereocenters. The molecular formula is C22H41N5O3. The van der Waals surface area contributed by atoms with E-state index in [9.17, 15) is 9.59 Å². The Morgan fingerprint density at radius 3 is 1.90 bits per heavy atom. The Kier molecular flexibility index (Phi) is 15.5. The average Bonchev–Trinajstić information content (AvgIpc) is 3.24. The highest BCUT2D eigenvalue weighted by molar-refractivity contribution is 5.83. The third-order valence-corrected chi connectivity index (χ3v) is 5.40. The van der Waals surface area contributed by atoms with Crippen molar-refractivity contribution in [1.29, 1.82) is 0 Å². The molecule has 1 heterocycles. The van der Waals surface area contributed by atoms with E-state index in [1.54, 1.807) is 0 Å². The van der Waals surface area contributed by atoms with Gasteiger partial charge in [0.15, 0.2) is 5.82 Å². The first-order chi connectivity index (χ1) is 14.6. The minimum absolute atomic E-state index is 0.134. The van der Waals surface area contributed by atoms with Crippen molar-refractivity contribution in [3.05, 3.63) is 5.82 Å². The highest BCUT2D eigenvalue weighted by Crippen LogP contribution is 2.13. The van der Waals surface area contributed by atoms with Crippen LogP contribution in [0.4, 0.5) is 0 Å². The number of rotatable bonds is 20. The Labute approximate surface area is 181 Å². The van der Waals surface area contributed by atoms with Crippen LogP contribution in [-0.2, 0) is 16.0 Å². The lowest BCUT2D eigenvalue weighted by atomic mass is 10.0. The summed E-state index contributed by atoms with van der Waals surface area (Å²) in [6.07, 6.45) is 18.4. The zero-order valence-corrected chi connectivity index (χ0v) is 18.7. The Bertz CT molecular complexity index is 551. The Balaban J connectivity index is 1.79. The number of carboxylic acid groups (broad SMARTS) is 1. The summed E-state index contributed by atoms with van der Waals surface area (Å²) in [6.45, 7) is 1.92. The largest absolute Gasteiger partial charge is 0.480 e. The van der Waals surface area contributed by atoms with Crippen molar-refractivity contribution in [2.75, 3.05) is 0 Å². The van der Waals surface area contributed by atoms with Crippen LogP contribution in [0.5, 0.6) is 0 Å². The number of hydrogen-bond donors (Lipinski definition) is 3. The van der Waals surface area contributed by atoms with Gasteiger partial charge in [-0.15, -0.1) is 10.2 Å². The fourth-order valence-corrected chi connectivity index (χ4v) is 3.61. The molecular weight excluding hydrogens is 382 g/mol. The van der Waals surface area contributed by atoms with E-state index in [-0.39, 0.29) is 5.91 Å². The quantitative estimate of drug-likeness (QED) is 0.264. The molecule has 8 nitrogen and oxygen atoms in total. The van der Waals surface area contributed by atoms with Crippen molar-refractivity contribution >= 4 is 11.9 Å². The standard InChI is InChI=1S/C22H41N5O3/c1-2-16-19(22(29)30)23-21(28)18-15-13-11-9-7-5-3-4-6-8-10-12-14-17-20-24-26-27-25-20/h19H,2-18H2,1H3,(H,23,28)(H,29,30)(H,24,25,26,27). The summed E-state index contributed by atoms with van der Waals surface area (Å²) in [5.41, 5.74) is 0. The molecule has 0 fully saturated rings. The fraction of sp³-hybridized carbons (Fsp3) is 0.864. The molecule has 0 saturated carbocycles. The van der Waals surface area contributed by atoms with E-state index in [1.807, 2.05) is 6.92 Å². The molecule has 0 spiro atoms. The molecule has 1 unspecified atom stereocenters. The molecule has 0 saturated heterocycles. The van der Waals surface area contributed by atoms with Gasteiger partial charge in [0.05, 0.1) is 0 Å². The minimum Gasteiger partial charge on any atom is -0.480 e. The molecule has 0 aliphatic rings.